The Morgan fingerprint density at radius 1 is 1.12 bits per heavy atom. The summed E-state index contributed by atoms with van der Waals surface area (Å²) in [5.74, 6) is -0.400. The first-order valence-electron chi connectivity index (χ1n) is 11.6. The number of hydrogen-bond acceptors (Lipinski definition) is 5. The van der Waals surface area contributed by atoms with Gasteiger partial charge >= 0.3 is 12.1 Å². The van der Waals surface area contributed by atoms with Crippen LogP contribution in [-0.4, -0.2) is 29.2 Å². The Morgan fingerprint density at radius 3 is 2.35 bits per heavy atom. The minimum Gasteiger partial charge on any atom is -0.464 e. The molecule has 0 N–H and O–H groups in total. The third-order valence-electron chi connectivity index (χ3n) is 6.04. The molecule has 1 heterocycles. The molecule has 0 saturated heterocycles. The van der Waals surface area contributed by atoms with Crippen molar-refractivity contribution in [1.82, 2.24) is 4.90 Å². The highest BCUT2D eigenvalue weighted by atomic mass is 127. The Morgan fingerprint density at radius 2 is 1.76 bits per heavy atom. The van der Waals surface area contributed by atoms with Crippen molar-refractivity contribution in [2.24, 2.45) is 0 Å². The fourth-order valence-corrected chi connectivity index (χ4v) is 5.42. The number of carbonyl (C=O) groups excluding carboxylic acids is 2. The maximum Gasteiger partial charge on any atom is 0.410 e. The second kappa shape index (κ2) is 10.6. The number of amides is 1. The minimum atomic E-state index is -0.842. The molecule has 0 spiro atoms. The van der Waals surface area contributed by atoms with E-state index in [9.17, 15) is 9.59 Å². The molecule has 34 heavy (non-hydrogen) atoms. The molecule has 184 valence electrons. The lowest BCUT2D eigenvalue weighted by molar-refractivity contribution is -0.167. The number of hydrogen-bond donors (Lipinski definition) is 0. The van der Waals surface area contributed by atoms with E-state index in [2.05, 4.69) is 22.6 Å². The normalized spacial score (nSPS) is 16.2. The second-order valence-corrected chi connectivity index (χ2v) is 10.7. The maximum atomic E-state index is 13.0. The van der Waals surface area contributed by atoms with E-state index in [-0.39, 0.29) is 25.3 Å². The molecule has 0 aromatic heterocycles. The Hall–Kier alpha value is -2.13. The molecular formula is C27H34INO5. The molecule has 2 atom stereocenters. The molecule has 7 heteroatoms. The van der Waals surface area contributed by atoms with E-state index in [0.717, 1.165) is 37.0 Å². The lowest BCUT2D eigenvalue weighted by Gasteiger charge is -2.29. The van der Waals surface area contributed by atoms with Crippen LogP contribution in [0, 0.1) is 17.4 Å². The van der Waals surface area contributed by atoms with Gasteiger partial charge in [0, 0.05) is 9.13 Å². The van der Waals surface area contributed by atoms with E-state index >= 15 is 0 Å². The number of ether oxygens (including phenoxy) is 3. The standard InChI is InChI=1S/C27H34INO5/c1-8-32-25(30)24(34-27(5,6)7)22-16(2)20-14-29(18(4)21(20)17(3)23(22)28)26(31)33-15-19-12-10-9-11-13-19/h9-13,18,24H,8,14-15H2,1-7H3/t18-,24+/m1/s1. The number of carbonyl (C=O) groups is 2. The first kappa shape index (κ1) is 26.5. The quantitative estimate of drug-likeness (QED) is 0.287. The van der Waals surface area contributed by atoms with Gasteiger partial charge in [0.2, 0.25) is 0 Å². The van der Waals surface area contributed by atoms with Crippen LogP contribution < -0.4 is 0 Å². The van der Waals surface area contributed by atoms with Gasteiger partial charge in [0.25, 0.3) is 0 Å². The Labute approximate surface area is 216 Å². The zero-order chi connectivity index (χ0) is 25.2. The van der Waals surface area contributed by atoms with Crippen molar-refractivity contribution in [2.45, 2.75) is 79.4 Å². The van der Waals surface area contributed by atoms with Crippen LogP contribution in [0.5, 0.6) is 0 Å². The first-order chi connectivity index (χ1) is 16.0. The lowest BCUT2D eigenvalue weighted by Crippen LogP contribution is -2.30. The van der Waals surface area contributed by atoms with Crippen LogP contribution in [-0.2, 0) is 32.2 Å². The van der Waals surface area contributed by atoms with Crippen molar-refractivity contribution >= 4 is 34.7 Å². The van der Waals surface area contributed by atoms with Gasteiger partial charge in [0.05, 0.1) is 24.8 Å². The lowest BCUT2D eigenvalue weighted by atomic mass is 9.89. The van der Waals surface area contributed by atoms with Crippen LogP contribution in [0.1, 0.15) is 80.1 Å². The van der Waals surface area contributed by atoms with Crippen molar-refractivity contribution in [3.05, 3.63) is 67.3 Å². The van der Waals surface area contributed by atoms with Gasteiger partial charge < -0.3 is 14.2 Å². The highest BCUT2D eigenvalue weighted by Crippen LogP contribution is 2.44. The number of fused-ring (bicyclic) bond motifs is 1. The van der Waals surface area contributed by atoms with E-state index in [0.29, 0.717) is 6.54 Å². The molecule has 0 unspecified atom stereocenters. The van der Waals surface area contributed by atoms with E-state index < -0.39 is 17.7 Å². The number of nitrogens with zero attached hydrogens (tertiary/aromatic N) is 1. The highest BCUT2D eigenvalue weighted by molar-refractivity contribution is 14.1. The topological polar surface area (TPSA) is 65.1 Å². The number of halogens is 1. The van der Waals surface area contributed by atoms with Crippen molar-refractivity contribution < 1.29 is 23.8 Å². The largest absolute Gasteiger partial charge is 0.464 e. The van der Waals surface area contributed by atoms with Gasteiger partial charge in [-0.3, -0.25) is 4.90 Å². The average molecular weight is 579 g/mol. The molecule has 2 aromatic carbocycles. The zero-order valence-electron chi connectivity index (χ0n) is 21.0. The molecule has 0 saturated carbocycles. The van der Waals surface area contributed by atoms with Crippen molar-refractivity contribution in [3.63, 3.8) is 0 Å². The summed E-state index contributed by atoms with van der Waals surface area (Å²) in [7, 11) is 0. The summed E-state index contributed by atoms with van der Waals surface area (Å²) in [5.41, 5.74) is 5.38. The molecule has 3 rings (SSSR count). The van der Waals surface area contributed by atoms with Gasteiger partial charge in [0.1, 0.15) is 6.61 Å². The summed E-state index contributed by atoms with van der Waals surface area (Å²) >= 11 is 2.29. The Kier molecular flexibility index (Phi) is 8.29. The molecular weight excluding hydrogens is 545 g/mol. The van der Waals surface area contributed by atoms with Gasteiger partial charge in [-0.1, -0.05) is 30.3 Å². The van der Waals surface area contributed by atoms with E-state index in [4.69, 9.17) is 14.2 Å². The summed E-state index contributed by atoms with van der Waals surface area (Å²) in [4.78, 5) is 27.7. The van der Waals surface area contributed by atoms with Gasteiger partial charge in [0.15, 0.2) is 6.10 Å². The predicted octanol–water partition coefficient (Wildman–Crippen LogP) is 6.54. The molecule has 0 radical (unpaired) electrons. The van der Waals surface area contributed by atoms with Crippen molar-refractivity contribution in [3.8, 4) is 0 Å². The predicted molar refractivity (Wildman–Crippen MR) is 139 cm³/mol. The van der Waals surface area contributed by atoms with Gasteiger partial charge in [-0.15, -0.1) is 0 Å². The van der Waals surface area contributed by atoms with E-state index in [1.165, 1.54) is 0 Å². The third-order valence-corrected chi connectivity index (χ3v) is 7.43. The van der Waals surface area contributed by atoms with Crippen molar-refractivity contribution in [1.29, 1.82) is 0 Å². The van der Waals surface area contributed by atoms with Crippen LogP contribution in [0.4, 0.5) is 4.79 Å². The van der Waals surface area contributed by atoms with Gasteiger partial charge in [-0.2, -0.15) is 0 Å². The highest BCUT2D eigenvalue weighted by Gasteiger charge is 2.39. The monoisotopic (exact) mass is 579 g/mol. The van der Waals surface area contributed by atoms with Crippen LogP contribution in [0.15, 0.2) is 30.3 Å². The molecule has 0 aliphatic carbocycles. The zero-order valence-corrected chi connectivity index (χ0v) is 23.2. The molecule has 1 aliphatic rings. The Bertz CT molecular complexity index is 1060. The van der Waals surface area contributed by atoms with Crippen molar-refractivity contribution in [2.75, 3.05) is 6.61 Å². The fraction of sp³-hybridized carbons (Fsp3) is 0.481. The summed E-state index contributed by atoms with van der Waals surface area (Å²) in [6.45, 7) is 14.6. The third kappa shape index (κ3) is 5.57. The fourth-order valence-electron chi connectivity index (χ4n) is 4.44. The molecule has 0 fully saturated rings. The van der Waals surface area contributed by atoms with Crippen LogP contribution in [0.2, 0.25) is 0 Å². The Balaban J connectivity index is 1.95. The number of benzene rings is 2. The molecule has 0 bridgehead atoms. The molecule has 1 amide bonds. The van der Waals surface area contributed by atoms with Crippen LogP contribution in [0.3, 0.4) is 0 Å². The SMILES string of the molecule is CCOC(=O)[C@@H](OC(C)(C)C)c1c(C)c2c(c(C)c1I)[C@@H](C)N(C(=O)OCc1ccccc1)C2. The number of rotatable bonds is 6. The molecule has 2 aromatic rings. The first-order valence-corrected chi connectivity index (χ1v) is 12.7. The smallest absolute Gasteiger partial charge is 0.410 e. The number of esters is 1. The molecule has 6 nitrogen and oxygen atoms in total. The van der Waals surface area contributed by atoms with Crippen LogP contribution in [0.25, 0.3) is 0 Å². The van der Waals surface area contributed by atoms with Crippen LogP contribution >= 0.6 is 22.6 Å². The molecule has 1 aliphatic heterocycles. The summed E-state index contributed by atoms with van der Waals surface area (Å²) in [5, 5.41) is 0. The summed E-state index contributed by atoms with van der Waals surface area (Å²) in [6.07, 6.45) is -1.19. The van der Waals surface area contributed by atoms with Gasteiger partial charge in [-0.25, -0.2) is 9.59 Å². The average Bonchev–Trinajstić information content (AvgIpc) is 3.13. The van der Waals surface area contributed by atoms with Gasteiger partial charge in [-0.05, 0) is 98.9 Å². The summed E-state index contributed by atoms with van der Waals surface area (Å²) in [6, 6.07) is 9.51. The maximum absolute atomic E-state index is 13.0. The van der Waals surface area contributed by atoms with E-state index in [1.54, 1.807) is 11.8 Å². The van der Waals surface area contributed by atoms with E-state index in [1.807, 2.05) is 71.9 Å². The second-order valence-electron chi connectivity index (χ2n) is 9.58. The minimum absolute atomic E-state index is 0.135. The summed E-state index contributed by atoms with van der Waals surface area (Å²) < 4.78 is 18.2.